The van der Waals surface area contributed by atoms with Gasteiger partial charge >= 0.3 is 0 Å². The van der Waals surface area contributed by atoms with Crippen LogP contribution in [0.4, 0.5) is 0 Å². The van der Waals surface area contributed by atoms with E-state index < -0.39 is 0 Å². The summed E-state index contributed by atoms with van der Waals surface area (Å²) in [6, 6.07) is 1.88. The van der Waals surface area contributed by atoms with Crippen molar-refractivity contribution in [2.24, 2.45) is 0 Å². The van der Waals surface area contributed by atoms with Gasteiger partial charge in [0.1, 0.15) is 10.7 Å². The van der Waals surface area contributed by atoms with Gasteiger partial charge < -0.3 is 9.88 Å². The van der Waals surface area contributed by atoms with Gasteiger partial charge in [0, 0.05) is 36.4 Å². The number of aromatic amines is 1. The van der Waals surface area contributed by atoms with Crippen LogP contribution in [0.2, 0.25) is 0 Å². The number of H-pyrrole nitrogens is 1. The molecular formula is C20H22N4O2S2. The van der Waals surface area contributed by atoms with E-state index in [0.29, 0.717) is 19.6 Å². The smallest absolute Gasteiger partial charge is 0.259 e. The minimum absolute atomic E-state index is 0.00525. The van der Waals surface area contributed by atoms with E-state index >= 15 is 0 Å². The number of rotatable bonds is 3. The minimum Gasteiger partial charge on any atom is -0.336 e. The van der Waals surface area contributed by atoms with Crippen LogP contribution in [0.15, 0.2) is 21.6 Å². The van der Waals surface area contributed by atoms with Crippen molar-refractivity contribution in [2.45, 2.75) is 32.2 Å². The predicted octanol–water partition coefficient (Wildman–Crippen LogP) is 2.88. The summed E-state index contributed by atoms with van der Waals surface area (Å²) in [5, 5.41) is 4.65. The molecule has 0 bridgehead atoms. The van der Waals surface area contributed by atoms with E-state index in [1.54, 1.807) is 22.7 Å². The number of nitrogens with one attached hydrogen (secondary N) is 1. The van der Waals surface area contributed by atoms with Crippen LogP contribution < -0.4 is 5.56 Å². The molecule has 0 aromatic carbocycles. The Balaban J connectivity index is 1.29. The maximum Gasteiger partial charge on any atom is 0.259 e. The Morgan fingerprint density at radius 1 is 1.18 bits per heavy atom. The summed E-state index contributed by atoms with van der Waals surface area (Å²) < 4.78 is 0. The number of aryl methyl sites for hydroxylation is 2. The predicted molar refractivity (Wildman–Crippen MR) is 112 cm³/mol. The molecule has 2 aliphatic rings. The Morgan fingerprint density at radius 2 is 2.00 bits per heavy atom. The number of fused-ring (bicyclic) bond motifs is 3. The summed E-state index contributed by atoms with van der Waals surface area (Å²) in [4.78, 5) is 39.3. The van der Waals surface area contributed by atoms with Gasteiger partial charge in [-0.25, -0.2) is 4.98 Å². The number of nitrogens with zero attached hydrogens (tertiary/aromatic N) is 3. The van der Waals surface area contributed by atoms with Crippen LogP contribution in [0.25, 0.3) is 10.2 Å². The van der Waals surface area contributed by atoms with E-state index in [4.69, 9.17) is 4.98 Å². The first-order valence-electron chi connectivity index (χ1n) is 9.76. The molecular weight excluding hydrogens is 392 g/mol. The van der Waals surface area contributed by atoms with E-state index in [9.17, 15) is 9.59 Å². The van der Waals surface area contributed by atoms with Crippen molar-refractivity contribution in [1.29, 1.82) is 0 Å². The average Bonchev–Trinajstić information content (AvgIpc) is 3.36. The molecule has 1 saturated heterocycles. The molecule has 1 aliphatic heterocycles. The van der Waals surface area contributed by atoms with Crippen molar-refractivity contribution in [3.8, 4) is 0 Å². The molecule has 3 aromatic heterocycles. The number of hydrogen-bond donors (Lipinski definition) is 1. The highest BCUT2D eigenvalue weighted by atomic mass is 32.1. The van der Waals surface area contributed by atoms with Crippen molar-refractivity contribution in [2.75, 3.05) is 26.2 Å². The van der Waals surface area contributed by atoms with Crippen LogP contribution in [0.3, 0.4) is 0 Å². The van der Waals surface area contributed by atoms with Crippen LogP contribution in [0.1, 0.15) is 39.5 Å². The first-order valence-corrected chi connectivity index (χ1v) is 11.5. The Labute approximate surface area is 170 Å². The van der Waals surface area contributed by atoms with E-state index in [-0.39, 0.29) is 11.5 Å². The molecule has 1 fully saturated rings. The number of hydrogen-bond acceptors (Lipinski definition) is 6. The minimum atomic E-state index is 0.00525. The fraction of sp³-hybridized carbons (Fsp3) is 0.450. The highest BCUT2D eigenvalue weighted by Gasteiger charge is 2.24. The number of piperazine rings is 1. The van der Waals surface area contributed by atoms with Gasteiger partial charge in [-0.2, -0.15) is 11.3 Å². The fourth-order valence-electron chi connectivity index (χ4n) is 4.17. The lowest BCUT2D eigenvalue weighted by Crippen LogP contribution is -2.48. The maximum atomic E-state index is 12.7. The van der Waals surface area contributed by atoms with Crippen molar-refractivity contribution in [3.63, 3.8) is 0 Å². The first-order chi connectivity index (χ1) is 13.7. The summed E-state index contributed by atoms with van der Waals surface area (Å²) in [6.07, 6.45) is 4.44. The molecule has 5 rings (SSSR count). The second kappa shape index (κ2) is 7.42. The molecule has 8 heteroatoms. The van der Waals surface area contributed by atoms with Crippen molar-refractivity contribution in [3.05, 3.63) is 49.0 Å². The molecule has 0 radical (unpaired) electrons. The van der Waals surface area contributed by atoms with E-state index in [0.717, 1.165) is 54.0 Å². The Hall–Kier alpha value is -2.03. The molecule has 1 amide bonds. The normalized spacial score (nSPS) is 17.8. The summed E-state index contributed by atoms with van der Waals surface area (Å²) in [7, 11) is 0. The molecule has 4 heterocycles. The highest BCUT2D eigenvalue weighted by Crippen LogP contribution is 2.33. The van der Waals surface area contributed by atoms with E-state index in [1.807, 2.05) is 21.7 Å². The first kappa shape index (κ1) is 18.0. The Kier molecular flexibility index (Phi) is 4.78. The summed E-state index contributed by atoms with van der Waals surface area (Å²) >= 11 is 3.24. The monoisotopic (exact) mass is 414 g/mol. The second-order valence-electron chi connectivity index (χ2n) is 7.48. The molecule has 0 atom stereocenters. The lowest BCUT2D eigenvalue weighted by molar-refractivity contribution is 0.0626. The van der Waals surface area contributed by atoms with Crippen LogP contribution in [-0.2, 0) is 19.4 Å². The third-order valence-corrected chi connectivity index (χ3v) is 7.54. The molecule has 28 heavy (non-hydrogen) atoms. The second-order valence-corrected chi connectivity index (χ2v) is 9.35. The standard InChI is InChI=1S/C20H22N4O2S2/c25-18-17-14-3-1-2-4-15(14)28-19(17)22-16(21-18)11-23-6-8-24(9-7-23)20(26)13-5-10-27-12-13/h5,10,12H,1-4,6-9,11H2,(H,21,22,25). The summed E-state index contributed by atoms with van der Waals surface area (Å²) in [6.45, 7) is 3.61. The zero-order valence-corrected chi connectivity index (χ0v) is 17.2. The largest absolute Gasteiger partial charge is 0.336 e. The van der Waals surface area contributed by atoms with E-state index in [2.05, 4.69) is 9.88 Å². The van der Waals surface area contributed by atoms with Crippen LogP contribution in [0.5, 0.6) is 0 Å². The third kappa shape index (κ3) is 3.29. The number of thiophene rings is 2. The van der Waals surface area contributed by atoms with Gasteiger partial charge in [-0.15, -0.1) is 11.3 Å². The molecule has 0 unspecified atom stereocenters. The highest BCUT2D eigenvalue weighted by molar-refractivity contribution is 7.18. The topological polar surface area (TPSA) is 69.3 Å². The lowest BCUT2D eigenvalue weighted by Gasteiger charge is -2.34. The zero-order chi connectivity index (χ0) is 19.1. The van der Waals surface area contributed by atoms with Gasteiger partial charge in [-0.1, -0.05) is 0 Å². The zero-order valence-electron chi connectivity index (χ0n) is 15.6. The maximum absolute atomic E-state index is 12.7. The van der Waals surface area contributed by atoms with Crippen LogP contribution in [-0.4, -0.2) is 51.9 Å². The van der Waals surface area contributed by atoms with Crippen molar-refractivity contribution in [1.82, 2.24) is 19.8 Å². The summed E-state index contributed by atoms with van der Waals surface area (Å²) in [5.41, 5.74) is 2.01. The summed E-state index contributed by atoms with van der Waals surface area (Å²) in [5.74, 6) is 0.840. The number of carbonyl (C=O) groups excluding carboxylic acids is 1. The van der Waals surface area contributed by atoms with Gasteiger partial charge in [0.2, 0.25) is 0 Å². The van der Waals surface area contributed by atoms with Gasteiger partial charge in [-0.3, -0.25) is 14.5 Å². The number of aromatic nitrogens is 2. The molecule has 6 nitrogen and oxygen atoms in total. The SMILES string of the molecule is O=C(c1ccsc1)N1CCN(Cc2nc3sc4c(c3c(=O)[nH]2)CCCC4)CC1. The Morgan fingerprint density at radius 3 is 2.79 bits per heavy atom. The van der Waals surface area contributed by atoms with Crippen molar-refractivity contribution < 1.29 is 4.79 Å². The lowest BCUT2D eigenvalue weighted by atomic mass is 9.97. The van der Waals surface area contributed by atoms with Crippen molar-refractivity contribution >= 4 is 38.8 Å². The molecule has 146 valence electrons. The fourth-order valence-corrected chi connectivity index (χ4v) is 6.08. The van der Waals surface area contributed by atoms with Gasteiger partial charge in [0.05, 0.1) is 17.5 Å². The van der Waals surface area contributed by atoms with Gasteiger partial charge in [-0.05, 0) is 42.7 Å². The quantitative estimate of drug-likeness (QED) is 0.716. The van der Waals surface area contributed by atoms with Crippen LogP contribution >= 0.6 is 22.7 Å². The van der Waals surface area contributed by atoms with Gasteiger partial charge in [0.25, 0.3) is 11.5 Å². The molecule has 0 saturated carbocycles. The molecule has 1 N–H and O–H groups in total. The number of amides is 1. The third-order valence-electron chi connectivity index (χ3n) is 5.68. The molecule has 0 spiro atoms. The van der Waals surface area contributed by atoms with Crippen LogP contribution in [0, 0.1) is 0 Å². The van der Waals surface area contributed by atoms with Gasteiger partial charge in [0.15, 0.2) is 0 Å². The van der Waals surface area contributed by atoms with E-state index in [1.165, 1.54) is 16.9 Å². The molecule has 3 aromatic rings. The average molecular weight is 415 g/mol. The Bertz CT molecular complexity index is 1060. The number of carbonyl (C=O) groups is 1. The molecule has 1 aliphatic carbocycles.